The van der Waals surface area contributed by atoms with Crippen LogP contribution in [0.2, 0.25) is 5.02 Å². The number of fused-ring (bicyclic) bond motifs is 1. The van der Waals surface area contributed by atoms with Crippen molar-refractivity contribution in [1.82, 2.24) is 14.9 Å². The van der Waals surface area contributed by atoms with Gasteiger partial charge in [0.15, 0.2) is 5.82 Å². The highest BCUT2D eigenvalue weighted by atomic mass is 35.5. The first kappa shape index (κ1) is 24.5. The third kappa shape index (κ3) is 5.80. The quantitative estimate of drug-likeness (QED) is 0.289. The summed E-state index contributed by atoms with van der Waals surface area (Å²) in [4.78, 5) is 11.9. The Kier molecular flexibility index (Phi) is 7.57. The molecular formula is C28H35ClN5P. The second kappa shape index (κ2) is 10.8. The molecule has 2 aromatic carbocycles. The van der Waals surface area contributed by atoms with Gasteiger partial charge in [-0.1, -0.05) is 37.2 Å². The number of nitrogens with zero attached hydrogens (tertiary/aromatic N) is 3. The average Bonchev–Trinajstić information content (AvgIpc) is 3.30. The molecule has 1 fully saturated rings. The molecule has 184 valence electrons. The van der Waals surface area contributed by atoms with Gasteiger partial charge in [-0.3, -0.25) is 0 Å². The van der Waals surface area contributed by atoms with Crippen molar-refractivity contribution in [3.63, 3.8) is 0 Å². The lowest BCUT2D eigenvalue weighted by atomic mass is 10.0. The number of halogens is 1. The van der Waals surface area contributed by atoms with E-state index in [-0.39, 0.29) is 7.92 Å². The number of nitrogens with one attached hydrogen (secondary N) is 2. The Morgan fingerprint density at radius 1 is 0.971 bits per heavy atom. The van der Waals surface area contributed by atoms with Crippen LogP contribution in [0.25, 0.3) is 0 Å². The third-order valence-corrected chi connectivity index (χ3v) is 8.86. The van der Waals surface area contributed by atoms with E-state index in [9.17, 15) is 0 Å². The van der Waals surface area contributed by atoms with Gasteiger partial charge < -0.3 is 15.5 Å². The van der Waals surface area contributed by atoms with Crippen LogP contribution in [0.4, 0.5) is 23.1 Å². The summed E-state index contributed by atoms with van der Waals surface area (Å²) < 4.78 is 0. The van der Waals surface area contributed by atoms with Crippen LogP contribution < -0.4 is 15.9 Å². The summed E-state index contributed by atoms with van der Waals surface area (Å²) in [5.74, 6) is 1.17. The topological polar surface area (TPSA) is 53.1 Å². The molecule has 2 heterocycles. The molecule has 1 saturated heterocycles. The van der Waals surface area contributed by atoms with E-state index in [1.165, 1.54) is 67.2 Å². The highest BCUT2D eigenvalue weighted by molar-refractivity contribution is 7.64. The minimum Gasteiger partial charge on any atom is -0.338 e. The van der Waals surface area contributed by atoms with E-state index in [0.29, 0.717) is 16.8 Å². The zero-order valence-electron chi connectivity index (χ0n) is 20.9. The molecule has 5 rings (SSSR count). The molecule has 1 aromatic heterocycles. The van der Waals surface area contributed by atoms with E-state index in [1.54, 1.807) is 6.20 Å². The molecule has 0 bridgehead atoms. The van der Waals surface area contributed by atoms with Crippen molar-refractivity contribution in [3.05, 3.63) is 64.3 Å². The van der Waals surface area contributed by atoms with Crippen LogP contribution in [-0.4, -0.2) is 47.3 Å². The fourth-order valence-electron chi connectivity index (χ4n) is 5.33. The molecule has 0 spiro atoms. The van der Waals surface area contributed by atoms with Crippen LogP contribution in [0.1, 0.15) is 42.4 Å². The summed E-state index contributed by atoms with van der Waals surface area (Å²) in [7, 11) is -0.267. The van der Waals surface area contributed by atoms with Crippen LogP contribution in [-0.2, 0) is 12.8 Å². The molecule has 3 aromatic rings. The Morgan fingerprint density at radius 2 is 1.74 bits per heavy atom. The lowest BCUT2D eigenvalue weighted by molar-refractivity contribution is 0.222. The predicted octanol–water partition coefficient (Wildman–Crippen LogP) is 6.64. The van der Waals surface area contributed by atoms with Gasteiger partial charge in [0, 0.05) is 17.4 Å². The first-order chi connectivity index (χ1) is 17.0. The number of likely N-dealkylation sites (tertiary alicyclic amines) is 1. The minimum atomic E-state index is -0.267. The second-order valence-electron chi connectivity index (χ2n) is 10.0. The first-order valence-electron chi connectivity index (χ1n) is 12.7. The zero-order valence-corrected chi connectivity index (χ0v) is 22.6. The van der Waals surface area contributed by atoms with Crippen molar-refractivity contribution in [2.75, 3.05) is 37.1 Å². The molecule has 2 aliphatic rings. The van der Waals surface area contributed by atoms with Crippen molar-refractivity contribution in [2.45, 2.75) is 51.5 Å². The SMILES string of the molecule is Cc1ccc(Nc2nc(Nc3ccc4c(c3)CCC(N3CCCC3)CC4)ncc2Cl)c(P(C)C)c1. The number of hydrogen-bond acceptors (Lipinski definition) is 5. The van der Waals surface area contributed by atoms with Gasteiger partial charge >= 0.3 is 0 Å². The molecule has 0 amide bonds. The van der Waals surface area contributed by atoms with Gasteiger partial charge in [-0.2, -0.15) is 4.98 Å². The van der Waals surface area contributed by atoms with Gasteiger partial charge in [-0.05, 0) is 113 Å². The van der Waals surface area contributed by atoms with Crippen molar-refractivity contribution in [1.29, 1.82) is 0 Å². The zero-order chi connectivity index (χ0) is 24.4. The molecule has 1 aliphatic carbocycles. The molecule has 1 atom stereocenters. The third-order valence-electron chi connectivity index (χ3n) is 7.25. The van der Waals surface area contributed by atoms with Crippen molar-refractivity contribution in [2.24, 2.45) is 0 Å². The highest BCUT2D eigenvalue weighted by Gasteiger charge is 2.24. The predicted molar refractivity (Wildman–Crippen MR) is 151 cm³/mol. The number of anilines is 4. The summed E-state index contributed by atoms with van der Waals surface area (Å²) in [6, 6.07) is 13.9. The van der Waals surface area contributed by atoms with Gasteiger partial charge in [0.05, 0.1) is 6.20 Å². The van der Waals surface area contributed by atoms with Gasteiger partial charge in [-0.25, -0.2) is 4.98 Å². The van der Waals surface area contributed by atoms with Crippen LogP contribution in [0.5, 0.6) is 0 Å². The standard InChI is InChI=1S/C28H35ClN5P/c1-19-6-13-25(26(16-19)35(2)3)32-27-24(29)18-30-28(33-27)31-22-10-7-20-8-11-23(12-9-21(20)17-22)34-14-4-5-15-34/h6-7,10,13,16-18,23H,4-5,8-9,11-12,14-15H2,1-3H3,(H2,30,31,32,33). The largest absolute Gasteiger partial charge is 0.338 e. The molecule has 0 saturated carbocycles. The number of rotatable bonds is 6. The fraction of sp³-hybridized carbons (Fsp3) is 0.429. The first-order valence-corrected chi connectivity index (χ1v) is 15.3. The Labute approximate surface area is 215 Å². The molecule has 35 heavy (non-hydrogen) atoms. The van der Waals surface area contributed by atoms with Crippen LogP contribution in [0, 0.1) is 6.92 Å². The normalized spacial score (nSPS) is 18.4. The van der Waals surface area contributed by atoms with E-state index in [4.69, 9.17) is 16.6 Å². The van der Waals surface area contributed by atoms with Crippen LogP contribution in [0.3, 0.4) is 0 Å². The van der Waals surface area contributed by atoms with Crippen molar-refractivity contribution in [3.8, 4) is 0 Å². The molecule has 2 N–H and O–H groups in total. The number of hydrogen-bond donors (Lipinski definition) is 2. The Balaban J connectivity index is 1.32. The summed E-state index contributed by atoms with van der Waals surface area (Å²) in [6.07, 6.45) is 9.20. The van der Waals surface area contributed by atoms with E-state index < -0.39 is 0 Å². The highest BCUT2D eigenvalue weighted by Crippen LogP contribution is 2.32. The number of aromatic nitrogens is 2. The number of benzene rings is 2. The van der Waals surface area contributed by atoms with Crippen LogP contribution >= 0.6 is 19.5 Å². The molecule has 1 aliphatic heterocycles. The molecule has 5 nitrogen and oxygen atoms in total. The second-order valence-corrected chi connectivity index (χ2v) is 12.7. The van der Waals surface area contributed by atoms with Gasteiger partial charge in [0.25, 0.3) is 0 Å². The monoisotopic (exact) mass is 507 g/mol. The van der Waals surface area contributed by atoms with Crippen molar-refractivity contribution < 1.29 is 0 Å². The van der Waals surface area contributed by atoms with Gasteiger partial charge in [0.2, 0.25) is 5.95 Å². The van der Waals surface area contributed by atoms with Gasteiger partial charge in [0.1, 0.15) is 5.02 Å². The maximum atomic E-state index is 6.48. The summed E-state index contributed by atoms with van der Waals surface area (Å²) >= 11 is 6.48. The summed E-state index contributed by atoms with van der Waals surface area (Å²) in [5.41, 5.74) is 6.27. The molecule has 7 heteroatoms. The molecule has 1 unspecified atom stereocenters. The Bertz CT molecular complexity index is 1190. The lowest BCUT2D eigenvalue weighted by Crippen LogP contribution is -2.32. The van der Waals surface area contributed by atoms with E-state index in [2.05, 4.69) is 77.2 Å². The maximum Gasteiger partial charge on any atom is 0.229 e. The molecule has 0 radical (unpaired) electrons. The Morgan fingerprint density at radius 3 is 2.51 bits per heavy atom. The van der Waals surface area contributed by atoms with E-state index in [1.807, 2.05) is 0 Å². The average molecular weight is 508 g/mol. The summed E-state index contributed by atoms with van der Waals surface area (Å²) in [5, 5.41) is 8.68. The Hall–Kier alpha value is -2.20. The molecular weight excluding hydrogens is 473 g/mol. The lowest BCUT2D eigenvalue weighted by Gasteiger charge is -2.25. The van der Waals surface area contributed by atoms with Crippen molar-refractivity contribution >= 4 is 48.0 Å². The van der Waals surface area contributed by atoms with E-state index in [0.717, 1.165) is 23.8 Å². The van der Waals surface area contributed by atoms with E-state index >= 15 is 0 Å². The number of aryl methyl sites for hydroxylation is 3. The fourth-order valence-corrected chi connectivity index (χ4v) is 6.54. The summed E-state index contributed by atoms with van der Waals surface area (Å²) in [6.45, 7) is 9.20. The smallest absolute Gasteiger partial charge is 0.229 e. The minimum absolute atomic E-state index is 0.267. The van der Waals surface area contributed by atoms with Crippen LogP contribution in [0.15, 0.2) is 42.6 Å². The van der Waals surface area contributed by atoms with Gasteiger partial charge in [-0.15, -0.1) is 0 Å². The maximum absolute atomic E-state index is 6.48.